The molecule has 2 aromatic rings. The van der Waals surface area contributed by atoms with Crippen molar-refractivity contribution >= 4 is 5.96 Å². The smallest absolute Gasteiger partial charge is 0.190 e. The highest BCUT2D eigenvalue weighted by Crippen LogP contribution is 2.09. The van der Waals surface area contributed by atoms with Crippen LogP contribution < -0.4 is 10.6 Å². The van der Waals surface area contributed by atoms with Gasteiger partial charge in [-0.15, -0.1) is 0 Å². The number of nitrogens with one attached hydrogen (secondary N) is 2. The Bertz CT molecular complexity index is 659. The molecule has 0 unspecified atom stereocenters. The zero-order valence-electron chi connectivity index (χ0n) is 15.3. The molecule has 1 aromatic heterocycles. The van der Waals surface area contributed by atoms with Crippen LogP contribution in [0.2, 0.25) is 0 Å². The van der Waals surface area contributed by atoms with E-state index in [0.717, 1.165) is 36.9 Å². The van der Waals surface area contributed by atoms with E-state index in [0.29, 0.717) is 5.92 Å². The molecule has 0 bridgehead atoms. The third kappa shape index (κ3) is 5.89. The lowest BCUT2D eigenvalue weighted by atomic mass is 10.0. The summed E-state index contributed by atoms with van der Waals surface area (Å²) in [6.07, 6.45) is 5.02. The summed E-state index contributed by atoms with van der Waals surface area (Å²) >= 11 is 0. The first-order valence-electron chi connectivity index (χ1n) is 8.91. The fraction of sp³-hybridized carbons (Fsp3) is 0.474. The highest BCUT2D eigenvalue weighted by Gasteiger charge is 2.06. The molecule has 0 aliphatic heterocycles. The lowest BCUT2D eigenvalue weighted by molar-refractivity contribution is 0.481. The molecule has 0 spiro atoms. The number of aromatic nitrogens is 2. The van der Waals surface area contributed by atoms with Gasteiger partial charge in [-0.3, -0.25) is 4.99 Å². The molecule has 0 fully saturated rings. The third-order valence-electron chi connectivity index (χ3n) is 4.35. The van der Waals surface area contributed by atoms with E-state index in [9.17, 15) is 4.39 Å². The van der Waals surface area contributed by atoms with Crippen LogP contribution >= 0.6 is 0 Å². The van der Waals surface area contributed by atoms with Crippen LogP contribution in [0.25, 0.3) is 5.69 Å². The number of nitrogens with zero attached hydrogens (tertiary/aromatic N) is 3. The van der Waals surface area contributed by atoms with E-state index < -0.39 is 0 Å². The topological polar surface area (TPSA) is 54.2 Å². The molecule has 0 saturated carbocycles. The second kappa shape index (κ2) is 9.81. The number of guanidine groups is 1. The molecule has 5 nitrogen and oxygen atoms in total. The van der Waals surface area contributed by atoms with Crippen molar-refractivity contribution in [2.24, 2.45) is 10.9 Å². The Hall–Kier alpha value is -2.37. The molecule has 136 valence electrons. The summed E-state index contributed by atoms with van der Waals surface area (Å²) in [5.41, 5.74) is 1.83. The van der Waals surface area contributed by atoms with Gasteiger partial charge >= 0.3 is 0 Å². The largest absolute Gasteiger partial charge is 0.356 e. The molecule has 0 amide bonds. The van der Waals surface area contributed by atoms with Crippen molar-refractivity contribution in [3.05, 3.63) is 48.0 Å². The van der Waals surface area contributed by atoms with Gasteiger partial charge in [-0.2, -0.15) is 5.10 Å². The summed E-state index contributed by atoms with van der Waals surface area (Å²) < 4.78 is 14.7. The molecule has 0 atom stereocenters. The summed E-state index contributed by atoms with van der Waals surface area (Å²) in [6.45, 7) is 6.11. The average molecular weight is 345 g/mol. The Morgan fingerprint density at radius 2 is 1.88 bits per heavy atom. The maximum Gasteiger partial charge on any atom is 0.190 e. The maximum atomic E-state index is 13.0. The second-order valence-electron chi connectivity index (χ2n) is 6.04. The summed E-state index contributed by atoms with van der Waals surface area (Å²) in [4.78, 5) is 4.25. The van der Waals surface area contributed by atoms with Crippen molar-refractivity contribution < 1.29 is 4.39 Å². The average Bonchev–Trinajstić information content (AvgIpc) is 3.10. The zero-order chi connectivity index (χ0) is 18.1. The number of benzene rings is 1. The molecule has 0 aliphatic rings. The number of aliphatic imine (C=N–C) groups is 1. The van der Waals surface area contributed by atoms with E-state index >= 15 is 0 Å². The molecule has 1 aromatic carbocycles. The molecule has 0 radical (unpaired) electrons. The van der Waals surface area contributed by atoms with Crippen LogP contribution in [0.1, 0.15) is 32.4 Å². The Morgan fingerprint density at radius 1 is 1.16 bits per heavy atom. The first-order chi connectivity index (χ1) is 12.2. The minimum atomic E-state index is -0.243. The standard InChI is InChI=1S/C19H28FN5/c1-4-15(5-2)14-23-19(21-3)22-12-10-17-11-13-25(24-17)18-8-6-16(20)7-9-18/h6-9,11,13,15H,4-5,10,12,14H2,1-3H3,(H2,21,22,23). The predicted molar refractivity (Wildman–Crippen MR) is 101 cm³/mol. The van der Waals surface area contributed by atoms with Gasteiger partial charge in [-0.1, -0.05) is 26.7 Å². The van der Waals surface area contributed by atoms with Gasteiger partial charge in [0.15, 0.2) is 5.96 Å². The van der Waals surface area contributed by atoms with Crippen LogP contribution in [0.3, 0.4) is 0 Å². The van der Waals surface area contributed by atoms with E-state index in [1.165, 1.54) is 25.0 Å². The van der Waals surface area contributed by atoms with Gasteiger partial charge in [-0.05, 0) is 36.2 Å². The van der Waals surface area contributed by atoms with Crippen molar-refractivity contribution in [1.29, 1.82) is 0 Å². The third-order valence-corrected chi connectivity index (χ3v) is 4.35. The maximum absolute atomic E-state index is 13.0. The first-order valence-corrected chi connectivity index (χ1v) is 8.91. The van der Waals surface area contributed by atoms with Gasteiger partial charge in [0.2, 0.25) is 0 Å². The van der Waals surface area contributed by atoms with Crippen molar-refractivity contribution in [2.75, 3.05) is 20.1 Å². The summed E-state index contributed by atoms with van der Waals surface area (Å²) in [5, 5.41) is 11.2. The molecule has 2 N–H and O–H groups in total. The van der Waals surface area contributed by atoms with E-state index in [-0.39, 0.29) is 5.82 Å². The second-order valence-corrected chi connectivity index (χ2v) is 6.04. The number of rotatable bonds is 8. The van der Waals surface area contributed by atoms with Crippen LogP contribution in [0.5, 0.6) is 0 Å². The van der Waals surface area contributed by atoms with E-state index in [1.807, 2.05) is 12.3 Å². The molecule has 1 heterocycles. The molecule has 25 heavy (non-hydrogen) atoms. The summed E-state index contributed by atoms with van der Waals surface area (Å²) in [7, 11) is 1.78. The van der Waals surface area contributed by atoms with Crippen LogP contribution in [0.15, 0.2) is 41.5 Å². The normalized spacial score (nSPS) is 11.8. The van der Waals surface area contributed by atoms with E-state index in [2.05, 4.69) is 34.6 Å². The van der Waals surface area contributed by atoms with Crippen molar-refractivity contribution in [3.63, 3.8) is 0 Å². The fourth-order valence-corrected chi connectivity index (χ4v) is 2.58. The van der Waals surface area contributed by atoms with Crippen LogP contribution in [-0.4, -0.2) is 35.9 Å². The Morgan fingerprint density at radius 3 is 2.52 bits per heavy atom. The van der Waals surface area contributed by atoms with Crippen molar-refractivity contribution in [2.45, 2.75) is 33.1 Å². The van der Waals surface area contributed by atoms with Gasteiger partial charge in [-0.25, -0.2) is 9.07 Å². The van der Waals surface area contributed by atoms with Gasteiger partial charge < -0.3 is 10.6 Å². The number of hydrogen-bond donors (Lipinski definition) is 2. The SMILES string of the molecule is CCC(CC)CNC(=NC)NCCc1ccn(-c2ccc(F)cc2)n1. The van der Waals surface area contributed by atoms with Gasteiger partial charge in [0.1, 0.15) is 5.82 Å². The predicted octanol–water partition coefficient (Wildman–Crippen LogP) is 3.16. The highest BCUT2D eigenvalue weighted by atomic mass is 19.1. The molecular weight excluding hydrogens is 317 g/mol. The Balaban J connectivity index is 1.80. The van der Waals surface area contributed by atoms with E-state index in [1.54, 1.807) is 23.9 Å². The molecule has 2 rings (SSSR count). The van der Waals surface area contributed by atoms with Crippen LogP contribution in [0.4, 0.5) is 4.39 Å². The molecule has 0 saturated heterocycles. The molecule has 6 heteroatoms. The van der Waals surface area contributed by atoms with Crippen LogP contribution in [0, 0.1) is 11.7 Å². The van der Waals surface area contributed by atoms with Gasteiger partial charge in [0, 0.05) is 32.8 Å². The quantitative estimate of drug-likeness (QED) is 0.571. The zero-order valence-corrected chi connectivity index (χ0v) is 15.3. The summed E-state index contributed by atoms with van der Waals surface area (Å²) in [5.74, 6) is 1.25. The number of halogens is 1. The minimum absolute atomic E-state index is 0.243. The summed E-state index contributed by atoms with van der Waals surface area (Å²) in [6, 6.07) is 8.29. The Labute approximate surface area is 149 Å². The lowest BCUT2D eigenvalue weighted by Gasteiger charge is -2.16. The number of hydrogen-bond acceptors (Lipinski definition) is 2. The van der Waals surface area contributed by atoms with Gasteiger partial charge in [0.25, 0.3) is 0 Å². The lowest BCUT2D eigenvalue weighted by Crippen LogP contribution is -2.40. The Kier molecular flexibility index (Phi) is 7.44. The fourth-order valence-electron chi connectivity index (χ4n) is 2.58. The monoisotopic (exact) mass is 345 g/mol. The van der Waals surface area contributed by atoms with Crippen molar-refractivity contribution in [3.8, 4) is 5.69 Å². The molecular formula is C19H28FN5. The minimum Gasteiger partial charge on any atom is -0.356 e. The molecule has 0 aliphatic carbocycles. The van der Waals surface area contributed by atoms with E-state index in [4.69, 9.17) is 0 Å². The highest BCUT2D eigenvalue weighted by molar-refractivity contribution is 5.79. The van der Waals surface area contributed by atoms with Crippen LogP contribution in [-0.2, 0) is 6.42 Å². The van der Waals surface area contributed by atoms with Crippen molar-refractivity contribution in [1.82, 2.24) is 20.4 Å². The van der Waals surface area contributed by atoms with Gasteiger partial charge in [0.05, 0.1) is 11.4 Å². The first kappa shape index (κ1) is 19.0.